The Morgan fingerprint density at radius 1 is 0.897 bits per heavy atom. The summed E-state index contributed by atoms with van der Waals surface area (Å²) in [5.74, 6) is -0.570. The largest absolute Gasteiger partial charge is 0.339 e. The van der Waals surface area contributed by atoms with Crippen molar-refractivity contribution in [2.75, 3.05) is 26.2 Å². The Balaban J connectivity index is 1.71. The summed E-state index contributed by atoms with van der Waals surface area (Å²) < 4.78 is 15.9. The number of halogens is 1. The fourth-order valence-electron chi connectivity index (χ4n) is 3.49. The second-order valence-corrected chi connectivity index (χ2v) is 6.94. The normalized spacial score (nSPS) is 14.1. The number of aromatic nitrogens is 2. The molecule has 0 unspecified atom stereocenters. The summed E-state index contributed by atoms with van der Waals surface area (Å²) >= 11 is 0. The molecule has 7 heteroatoms. The third-order valence-corrected chi connectivity index (χ3v) is 5.09. The van der Waals surface area contributed by atoms with Gasteiger partial charge in [0.1, 0.15) is 11.5 Å². The van der Waals surface area contributed by atoms with Crippen molar-refractivity contribution in [2.24, 2.45) is 0 Å². The molecule has 1 saturated heterocycles. The highest BCUT2D eigenvalue weighted by Gasteiger charge is 2.27. The van der Waals surface area contributed by atoms with Crippen LogP contribution in [0.5, 0.6) is 0 Å². The number of nitrogens with zero attached hydrogens (tertiary/aromatic N) is 4. The van der Waals surface area contributed by atoms with E-state index in [0.29, 0.717) is 43.1 Å². The molecule has 0 atom stereocenters. The van der Waals surface area contributed by atoms with E-state index in [2.05, 4.69) is 5.10 Å². The zero-order valence-corrected chi connectivity index (χ0v) is 16.1. The van der Waals surface area contributed by atoms with Gasteiger partial charge in [-0.25, -0.2) is 9.07 Å². The highest BCUT2D eigenvalue weighted by Crippen LogP contribution is 2.25. The Bertz CT molecular complexity index is 1040. The van der Waals surface area contributed by atoms with E-state index in [4.69, 9.17) is 0 Å². The van der Waals surface area contributed by atoms with Crippen molar-refractivity contribution in [2.45, 2.75) is 6.92 Å². The van der Waals surface area contributed by atoms with Gasteiger partial charge in [0, 0.05) is 38.7 Å². The van der Waals surface area contributed by atoms with Crippen LogP contribution in [-0.2, 0) is 4.79 Å². The molecule has 3 aromatic rings. The lowest BCUT2D eigenvalue weighted by molar-refractivity contribution is -0.130. The Morgan fingerprint density at radius 2 is 1.52 bits per heavy atom. The van der Waals surface area contributed by atoms with Gasteiger partial charge in [-0.1, -0.05) is 30.3 Å². The van der Waals surface area contributed by atoms with Crippen LogP contribution in [0.4, 0.5) is 4.39 Å². The molecule has 0 radical (unpaired) electrons. The highest BCUT2D eigenvalue weighted by molar-refractivity contribution is 5.94. The average Bonchev–Trinajstić information content (AvgIpc) is 3.19. The molecule has 29 heavy (non-hydrogen) atoms. The van der Waals surface area contributed by atoms with Crippen LogP contribution in [0.2, 0.25) is 0 Å². The summed E-state index contributed by atoms with van der Waals surface area (Å²) in [6.07, 6.45) is 0. The van der Waals surface area contributed by atoms with E-state index in [1.165, 1.54) is 13.0 Å². The number of carbonyl (C=O) groups is 2. The number of para-hydroxylation sites is 1. The smallest absolute Gasteiger partial charge is 0.272 e. The predicted molar refractivity (Wildman–Crippen MR) is 107 cm³/mol. The molecule has 148 valence electrons. The van der Waals surface area contributed by atoms with Crippen molar-refractivity contribution in [3.63, 3.8) is 0 Å². The van der Waals surface area contributed by atoms with Crippen LogP contribution < -0.4 is 0 Å². The number of hydrogen-bond donors (Lipinski definition) is 0. The number of amides is 2. The lowest BCUT2D eigenvalue weighted by Gasteiger charge is -2.34. The Hall–Kier alpha value is -3.48. The minimum Gasteiger partial charge on any atom is -0.339 e. The first-order valence-electron chi connectivity index (χ1n) is 9.50. The molecular formula is C22H21FN4O2. The van der Waals surface area contributed by atoms with Crippen LogP contribution in [-0.4, -0.2) is 57.6 Å². The molecule has 1 aliphatic rings. The Labute approximate surface area is 168 Å². The molecule has 0 N–H and O–H groups in total. The molecular weight excluding hydrogens is 371 g/mol. The van der Waals surface area contributed by atoms with Gasteiger partial charge in [-0.2, -0.15) is 5.10 Å². The van der Waals surface area contributed by atoms with E-state index < -0.39 is 0 Å². The lowest BCUT2D eigenvalue weighted by Crippen LogP contribution is -2.50. The molecule has 0 saturated carbocycles. The maximum Gasteiger partial charge on any atom is 0.272 e. The second-order valence-electron chi connectivity index (χ2n) is 6.94. The van der Waals surface area contributed by atoms with Crippen LogP contribution >= 0.6 is 0 Å². The standard InChI is InChI=1S/C22H21FN4O2/c1-16(28)25-11-13-26(14-12-25)22(29)21-15-20(18-9-5-6-10-19(18)23)24-27(21)17-7-3-2-4-8-17/h2-10,15H,11-14H2,1H3. The minimum absolute atomic E-state index is 0.00765. The molecule has 1 aromatic heterocycles. The van der Waals surface area contributed by atoms with Crippen LogP contribution in [0.15, 0.2) is 60.7 Å². The third kappa shape index (κ3) is 3.76. The van der Waals surface area contributed by atoms with Crippen LogP contribution in [0, 0.1) is 5.82 Å². The van der Waals surface area contributed by atoms with E-state index in [1.807, 2.05) is 30.3 Å². The van der Waals surface area contributed by atoms with Crippen molar-refractivity contribution in [3.8, 4) is 16.9 Å². The quantitative estimate of drug-likeness (QED) is 0.689. The zero-order valence-electron chi connectivity index (χ0n) is 16.1. The first-order valence-corrected chi connectivity index (χ1v) is 9.50. The van der Waals surface area contributed by atoms with Gasteiger partial charge in [-0.05, 0) is 30.3 Å². The molecule has 2 aromatic carbocycles. The van der Waals surface area contributed by atoms with E-state index in [-0.39, 0.29) is 17.6 Å². The summed E-state index contributed by atoms with van der Waals surface area (Å²) in [4.78, 5) is 28.3. The van der Waals surface area contributed by atoms with Gasteiger partial charge in [0.05, 0.1) is 11.4 Å². The number of rotatable bonds is 3. The van der Waals surface area contributed by atoms with E-state index in [9.17, 15) is 14.0 Å². The molecule has 2 heterocycles. The van der Waals surface area contributed by atoms with E-state index in [1.54, 1.807) is 38.7 Å². The number of hydrogen-bond acceptors (Lipinski definition) is 3. The van der Waals surface area contributed by atoms with Crippen molar-refractivity contribution in [3.05, 3.63) is 72.2 Å². The summed E-state index contributed by atoms with van der Waals surface area (Å²) in [5, 5.41) is 4.54. The maximum absolute atomic E-state index is 14.3. The topological polar surface area (TPSA) is 58.4 Å². The minimum atomic E-state index is -0.390. The molecule has 2 amide bonds. The zero-order chi connectivity index (χ0) is 20.4. The van der Waals surface area contributed by atoms with Gasteiger partial charge in [0.25, 0.3) is 5.91 Å². The van der Waals surface area contributed by atoms with E-state index >= 15 is 0 Å². The van der Waals surface area contributed by atoms with Gasteiger partial charge in [-0.15, -0.1) is 0 Å². The van der Waals surface area contributed by atoms with Crippen LogP contribution in [0.25, 0.3) is 16.9 Å². The number of carbonyl (C=O) groups excluding carboxylic acids is 2. The summed E-state index contributed by atoms with van der Waals surface area (Å²) in [6, 6.07) is 17.3. The first kappa shape index (κ1) is 18.9. The molecule has 0 spiro atoms. The van der Waals surface area contributed by atoms with Crippen molar-refractivity contribution >= 4 is 11.8 Å². The van der Waals surface area contributed by atoms with Gasteiger partial charge in [0.15, 0.2) is 0 Å². The van der Waals surface area contributed by atoms with Crippen molar-refractivity contribution < 1.29 is 14.0 Å². The molecule has 0 bridgehead atoms. The summed E-state index contributed by atoms with van der Waals surface area (Å²) in [5.41, 5.74) is 1.84. The third-order valence-electron chi connectivity index (χ3n) is 5.09. The summed E-state index contributed by atoms with van der Waals surface area (Å²) in [6.45, 7) is 3.44. The molecule has 1 fully saturated rings. The second kappa shape index (κ2) is 7.87. The maximum atomic E-state index is 14.3. The number of benzene rings is 2. The fourth-order valence-corrected chi connectivity index (χ4v) is 3.49. The summed E-state index contributed by atoms with van der Waals surface area (Å²) in [7, 11) is 0. The van der Waals surface area contributed by atoms with Gasteiger partial charge >= 0.3 is 0 Å². The monoisotopic (exact) mass is 392 g/mol. The number of piperazine rings is 1. The Morgan fingerprint density at radius 3 is 2.17 bits per heavy atom. The average molecular weight is 392 g/mol. The SMILES string of the molecule is CC(=O)N1CCN(C(=O)c2cc(-c3ccccc3F)nn2-c2ccccc2)CC1. The van der Waals surface area contributed by atoms with Crippen molar-refractivity contribution in [1.29, 1.82) is 0 Å². The highest BCUT2D eigenvalue weighted by atomic mass is 19.1. The van der Waals surface area contributed by atoms with Gasteiger partial charge in [0.2, 0.25) is 5.91 Å². The van der Waals surface area contributed by atoms with Gasteiger partial charge < -0.3 is 9.80 Å². The van der Waals surface area contributed by atoms with Crippen LogP contribution in [0.1, 0.15) is 17.4 Å². The van der Waals surface area contributed by atoms with Crippen LogP contribution in [0.3, 0.4) is 0 Å². The molecule has 1 aliphatic heterocycles. The predicted octanol–water partition coefficient (Wildman–Crippen LogP) is 2.98. The van der Waals surface area contributed by atoms with E-state index in [0.717, 1.165) is 5.69 Å². The first-order chi connectivity index (χ1) is 14.0. The lowest BCUT2D eigenvalue weighted by atomic mass is 10.1. The molecule has 6 nitrogen and oxygen atoms in total. The molecule has 0 aliphatic carbocycles. The molecule has 4 rings (SSSR count). The Kier molecular flexibility index (Phi) is 5.12. The van der Waals surface area contributed by atoms with Gasteiger partial charge in [-0.3, -0.25) is 9.59 Å². The van der Waals surface area contributed by atoms with Crippen molar-refractivity contribution in [1.82, 2.24) is 19.6 Å². The fraction of sp³-hybridized carbons (Fsp3) is 0.227.